The van der Waals surface area contributed by atoms with E-state index in [0.717, 1.165) is 43.8 Å². The number of hydrogen-bond donors (Lipinski definition) is 0. The molecular weight excluding hydrogens is 448 g/mol. The standard InChI is InChI=1S/C32H22O2S/c33-35(34,27-19-15-25(16-20-27)31-13-5-9-23-7-1-3-11-29(23)31)28-21-17-26(18-22-28)32-14-6-10-24-8-2-4-12-30(24)32/h1-22H. The van der Waals surface area contributed by atoms with Gasteiger partial charge in [-0.2, -0.15) is 0 Å². The van der Waals surface area contributed by atoms with Gasteiger partial charge in [0.05, 0.1) is 9.79 Å². The van der Waals surface area contributed by atoms with E-state index in [1.54, 1.807) is 24.3 Å². The largest absolute Gasteiger partial charge is 0.219 e. The van der Waals surface area contributed by atoms with Gasteiger partial charge in [0.2, 0.25) is 9.84 Å². The van der Waals surface area contributed by atoms with Gasteiger partial charge in [-0.25, -0.2) is 8.42 Å². The van der Waals surface area contributed by atoms with Crippen LogP contribution in [0.1, 0.15) is 0 Å². The monoisotopic (exact) mass is 470 g/mol. The Balaban J connectivity index is 1.33. The average Bonchev–Trinajstić information content (AvgIpc) is 2.92. The summed E-state index contributed by atoms with van der Waals surface area (Å²) in [5.41, 5.74) is 4.16. The first-order valence-corrected chi connectivity index (χ1v) is 13.0. The number of benzene rings is 6. The maximum Gasteiger partial charge on any atom is 0.206 e. The first-order valence-electron chi connectivity index (χ1n) is 11.5. The van der Waals surface area contributed by atoms with Crippen molar-refractivity contribution in [1.82, 2.24) is 0 Å². The lowest BCUT2D eigenvalue weighted by Gasteiger charge is -2.10. The Labute approximate surface area is 205 Å². The molecule has 0 saturated carbocycles. The quantitative estimate of drug-likeness (QED) is 0.260. The van der Waals surface area contributed by atoms with Crippen LogP contribution in [0.15, 0.2) is 143 Å². The molecule has 0 atom stereocenters. The summed E-state index contributed by atoms with van der Waals surface area (Å²) in [4.78, 5) is 0.582. The zero-order valence-corrected chi connectivity index (χ0v) is 19.7. The zero-order chi connectivity index (χ0) is 23.8. The van der Waals surface area contributed by atoms with Crippen molar-refractivity contribution < 1.29 is 8.42 Å². The third-order valence-corrected chi connectivity index (χ3v) is 8.32. The first kappa shape index (κ1) is 21.3. The van der Waals surface area contributed by atoms with E-state index in [1.807, 2.05) is 60.7 Å². The topological polar surface area (TPSA) is 34.1 Å². The van der Waals surface area contributed by atoms with Crippen molar-refractivity contribution in [1.29, 1.82) is 0 Å². The van der Waals surface area contributed by atoms with E-state index in [1.165, 1.54) is 0 Å². The van der Waals surface area contributed by atoms with E-state index in [4.69, 9.17) is 0 Å². The van der Waals surface area contributed by atoms with Gasteiger partial charge in [0.25, 0.3) is 0 Å². The number of hydrogen-bond acceptors (Lipinski definition) is 2. The highest BCUT2D eigenvalue weighted by molar-refractivity contribution is 7.91. The Kier molecular flexibility index (Phi) is 5.20. The number of fused-ring (bicyclic) bond motifs is 2. The number of rotatable bonds is 4. The van der Waals surface area contributed by atoms with E-state index >= 15 is 0 Å². The second-order valence-corrected chi connectivity index (χ2v) is 10.6. The molecule has 0 aliphatic heterocycles. The maximum absolute atomic E-state index is 13.4. The normalized spacial score (nSPS) is 11.7. The van der Waals surface area contributed by atoms with Gasteiger partial charge in [0, 0.05) is 0 Å². The average molecular weight is 471 g/mol. The van der Waals surface area contributed by atoms with Crippen LogP contribution in [0.2, 0.25) is 0 Å². The molecule has 0 heterocycles. The van der Waals surface area contributed by atoms with Gasteiger partial charge >= 0.3 is 0 Å². The lowest BCUT2D eigenvalue weighted by molar-refractivity contribution is 0.596. The minimum atomic E-state index is -3.62. The molecule has 6 aromatic carbocycles. The van der Waals surface area contributed by atoms with Crippen LogP contribution in [0, 0.1) is 0 Å². The second-order valence-electron chi connectivity index (χ2n) is 8.61. The molecule has 0 radical (unpaired) electrons. The second kappa shape index (κ2) is 8.53. The van der Waals surface area contributed by atoms with Crippen LogP contribution in [0.4, 0.5) is 0 Å². The van der Waals surface area contributed by atoms with Gasteiger partial charge in [-0.15, -0.1) is 0 Å². The SMILES string of the molecule is O=S(=O)(c1ccc(-c2cccc3ccccc23)cc1)c1ccc(-c2cccc3ccccc23)cc1. The Morgan fingerprint density at radius 1 is 0.371 bits per heavy atom. The lowest BCUT2D eigenvalue weighted by Crippen LogP contribution is -2.01. The molecule has 0 aliphatic rings. The summed E-state index contributed by atoms with van der Waals surface area (Å²) >= 11 is 0. The fourth-order valence-electron chi connectivity index (χ4n) is 4.72. The van der Waals surface area contributed by atoms with E-state index in [2.05, 4.69) is 48.5 Å². The van der Waals surface area contributed by atoms with Crippen LogP contribution in [0.5, 0.6) is 0 Å². The molecule has 0 spiro atoms. The summed E-state index contributed by atoms with van der Waals surface area (Å²) in [7, 11) is -3.62. The minimum absolute atomic E-state index is 0.291. The van der Waals surface area contributed by atoms with Crippen molar-refractivity contribution in [2.75, 3.05) is 0 Å². The third kappa shape index (κ3) is 3.80. The molecule has 0 aliphatic carbocycles. The Morgan fingerprint density at radius 2 is 0.743 bits per heavy atom. The van der Waals surface area contributed by atoms with Gasteiger partial charge in [-0.3, -0.25) is 0 Å². The van der Waals surface area contributed by atoms with E-state index in [-0.39, 0.29) is 0 Å². The van der Waals surface area contributed by atoms with E-state index in [0.29, 0.717) is 9.79 Å². The highest BCUT2D eigenvalue weighted by atomic mass is 32.2. The highest BCUT2D eigenvalue weighted by Crippen LogP contribution is 2.32. The van der Waals surface area contributed by atoms with Crippen molar-refractivity contribution >= 4 is 31.4 Å². The summed E-state index contributed by atoms with van der Waals surface area (Å²) in [5, 5.41) is 4.62. The lowest BCUT2D eigenvalue weighted by atomic mass is 9.98. The van der Waals surface area contributed by atoms with E-state index < -0.39 is 9.84 Å². The van der Waals surface area contributed by atoms with Gasteiger partial charge in [0.1, 0.15) is 0 Å². The van der Waals surface area contributed by atoms with Gasteiger partial charge in [-0.1, -0.05) is 109 Å². The van der Waals surface area contributed by atoms with Crippen LogP contribution in [-0.4, -0.2) is 8.42 Å². The Morgan fingerprint density at radius 3 is 1.17 bits per heavy atom. The molecule has 35 heavy (non-hydrogen) atoms. The van der Waals surface area contributed by atoms with Crippen LogP contribution in [0.25, 0.3) is 43.8 Å². The highest BCUT2D eigenvalue weighted by Gasteiger charge is 2.18. The maximum atomic E-state index is 13.4. The third-order valence-electron chi connectivity index (χ3n) is 6.53. The molecule has 0 fully saturated rings. The predicted molar refractivity (Wildman–Crippen MR) is 144 cm³/mol. The smallest absolute Gasteiger partial charge is 0.206 e. The van der Waals surface area contributed by atoms with Crippen molar-refractivity contribution in [3.8, 4) is 22.3 Å². The van der Waals surface area contributed by atoms with Crippen LogP contribution < -0.4 is 0 Å². The van der Waals surface area contributed by atoms with Gasteiger partial charge in [0.15, 0.2) is 0 Å². The van der Waals surface area contributed by atoms with Crippen LogP contribution >= 0.6 is 0 Å². The molecule has 0 unspecified atom stereocenters. The summed E-state index contributed by atoms with van der Waals surface area (Å²) in [6.07, 6.45) is 0. The van der Waals surface area contributed by atoms with Gasteiger partial charge in [-0.05, 0) is 68.1 Å². The van der Waals surface area contributed by atoms with Crippen LogP contribution in [-0.2, 0) is 9.84 Å². The molecule has 0 bridgehead atoms. The summed E-state index contributed by atoms with van der Waals surface area (Å²) < 4.78 is 26.7. The molecule has 0 amide bonds. The molecular formula is C32H22O2S. The zero-order valence-electron chi connectivity index (χ0n) is 18.9. The van der Waals surface area contributed by atoms with Crippen molar-refractivity contribution in [3.05, 3.63) is 133 Å². The van der Waals surface area contributed by atoms with Crippen molar-refractivity contribution in [2.45, 2.75) is 9.79 Å². The summed E-state index contributed by atoms with van der Waals surface area (Å²) in [5.74, 6) is 0. The Hall–Kier alpha value is -4.21. The van der Waals surface area contributed by atoms with E-state index in [9.17, 15) is 8.42 Å². The molecule has 0 saturated heterocycles. The van der Waals surface area contributed by atoms with Crippen molar-refractivity contribution in [2.24, 2.45) is 0 Å². The fraction of sp³-hybridized carbons (Fsp3) is 0. The number of sulfone groups is 1. The predicted octanol–water partition coefficient (Wildman–Crippen LogP) is 8.16. The molecule has 2 nitrogen and oxygen atoms in total. The van der Waals surface area contributed by atoms with Crippen molar-refractivity contribution in [3.63, 3.8) is 0 Å². The van der Waals surface area contributed by atoms with Crippen LogP contribution in [0.3, 0.4) is 0 Å². The summed E-state index contributed by atoms with van der Waals surface area (Å²) in [6.45, 7) is 0. The first-order chi connectivity index (χ1) is 17.1. The molecule has 168 valence electrons. The Bertz CT molecular complexity index is 1640. The molecule has 6 rings (SSSR count). The van der Waals surface area contributed by atoms with Gasteiger partial charge < -0.3 is 0 Å². The minimum Gasteiger partial charge on any atom is -0.219 e. The molecule has 6 aromatic rings. The summed E-state index contributed by atoms with van der Waals surface area (Å²) in [6, 6.07) is 43.1. The molecule has 3 heteroatoms. The molecule has 0 N–H and O–H groups in total. The fourth-order valence-corrected chi connectivity index (χ4v) is 5.98. The molecule has 0 aromatic heterocycles.